The van der Waals surface area contributed by atoms with Crippen LogP contribution in [0.2, 0.25) is 5.02 Å². The molecule has 0 unspecified atom stereocenters. The molecule has 0 saturated carbocycles. The van der Waals surface area contributed by atoms with Crippen molar-refractivity contribution >= 4 is 68.1 Å². The number of hydrogen-bond acceptors (Lipinski definition) is 5. The summed E-state index contributed by atoms with van der Waals surface area (Å²) in [5.74, 6) is -1.25. The van der Waals surface area contributed by atoms with E-state index in [-0.39, 0.29) is 17.2 Å². The predicted octanol–water partition coefficient (Wildman–Crippen LogP) is 6.50. The first-order chi connectivity index (χ1) is 16.8. The number of thioether (sulfide) groups is 1. The van der Waals surface area contributed by atoms with Crippen LogP contribution in [0.25, 0.3) is 6.08 Å². The summed E-state index contributed by atoms with van der Waals surface area (Å²) in [4.78, 5) is 38.7. The highest BCUT2D eigenvalue weighted by Crippen LogP contribution is 2.35. The van der Waals surface area contributed by atoms with Gasteiger partial charge in [-0.05, 0) is 60.3 Å². The second-order valence-corrected chi connectivity index (χ2v) is 9.70. The Balaban J connectivity index is 1.49. The predicted molar refractivity (Wildman–Crippen MR) is 138 cm³/mol. The van der Waals surface area contributed by atoms with Crippen molar-refractivity contribution < 1.29 is 23.5 Å². The van der Waals surface area contributed by atoms with E-state index in [1.807, 2.05) is 18.2 Å². The maximum Gasteiger partial charge on any atom is 0.294 e. The van der Waals surface area contributed by atoms with Crippen molar-refractivity contribution in [2.24, 2.45) is 0 Å². The summed E-state index contributed by atoms with van der Waals surface area (Å²) < 4.78 is 20.0. The normalized spacial score (nSPS) is 14.5. The van der Waals surface area contributed by atoms with Gasteiger partial charge in [0.25, 0.3) is 11.1 Å². The average Bonchev–Trinajstić information content (AvgIpc) is 3.07. The number of ether oxygens (including phenoxy) is 1. The van der Waals surface area contributed by atoms with Gasteiger partial charge in [-0.15, -0.1) is 0 Å². The van der Waals surface area contributed by atoms with Gasteiger partial charge in [0.15, 0.2) is 0 Å². The Bertz CT molecular complexity index is 1350. The highest BCUT2D eigenvalue weighted by molar-refractivity contribution is 9.10. The van der Waals surface area contributed by atoms with Gasteiger partial charge in [0.1, 0.15) is 24.7 Å². The zero-order chi connectivity index (χ0) is 24.9. The lowest BCUT2D eigenvalue weighted by Crippen LogP contribution is -2.36. The molecule has 0 radical (unpaired) electrons. The molecule has 3 amide bonds. The molecule has 1 aliphatic rings. The van der Waals surface area contributed by atoms with Gasteiger partial charge in [-0.3, -0.25) is 19.3 Å². The van der Waals surface area contributed by atoms with Crippen molar-refractivity contribution in [3.8, 4) is 5.75 Å². The summed E-state index contributed by atoms with van der Waals surface area (Å²) in [6.07, 6.45) is 1.54. The van der Waals surface area contributed by atoms with Crippen LogP contribution in [0.5, 0.6) is 5.75 Å². The molecule has 1 N–H and O–H groups in total. The van der Waals surface area contributed by atoms with Gasteiger partial charge < -0.3 is 10.1 Å². The van der Waals surface area contributed by atoms with Gasteiger partial charge >= 0.3 is 0 Å². The van der Waals surface area contributed by atoms with E-state index in [2.05, 4.69) is 21.2 Å². The monoisotopic (exact) mass is 574 g/mol. The topological polar surface area (TPSA) is 75.7 Å². The molecule has 0 spiro atoms. The minimum absolute atomic E-state index is 0.147. The standard InChI is InChI=1S/C25H17BrClFN2O4S/c26-17-8-9-21(34-14-15-4-1-2-7-20(15)27)16(10-17)11-22-24(32)30(25(33)35-22)13-23(31)29-19-6-3-5-18(28)12-19/h1-12H,13-14H2,(H,29,31)/b22-11+. The fourth-order valence-corrected chi connectivity index (χ4v) is 4.62. The molecule has 1 heterocycles. The maximum absolute atomic E-state index is 13.3. The van der Waals surface area contributed by atoms with E-state index >= 15 is 0 Å². The number of imide groups is 1. The van der Waals surface area contributed by atoms with Crippen LogP contribution >= 0.6 is 39.3 Å². The molecule has 1 saturated heterocycles. The van der Waals surface area contributed by atoms with Gasteiger partial charge in [-0.2, -0.15) is 0 Å². The average molecular weight is 576 g/mol. The second kappa shape index (κ2) is 11.1. The lowest BCUT2D eigenvalue weighted by Gasteiger charge is -2.13. The van der Waals surface area contributed by atoms with E-state index in [1.54, 1.807) is 30.3 Å². The molecule has 6 nitrogen and oxygen atoms in total. The lowest BCUT2D eigenvalue weighted by molar-refractivity contribution is -0.127. The third-order valence-corrected chi connectivity index (χ3v) is 6.65. The number of benzene rings is 3. The Morgan fingerprint density at radius 2 is 1.91 bits per heavy atom. The Morgan fingerprint density at radius 3 is 2.69 bits per heavy atom. The molecule has 178 valence electrons. The highest BCUT2D eigenvalue weighted by Gasteiger charge is 2.36. The zero-order valence-electron chi connectivity index (χ0n) is 18.0. The molecule has 3 aromatic rings. The molecule has 1 fully saturated rings. The van der Waals surface area contributed by atoms with E-state index in [1.165, 1.54) is 18.2 Å². The summed E-state index contributed by atoms with van der Waals surface area (Å²) in [6, 6.07) is 17.9. The SMILES string of the molecule is O=C(CN1C(=O)S/C(=C/c2cc(Br)ccc2OCc2ccccc2Cl)C1=O)Nc1cccc(F)c1. The molecular weight excluding hydrogens is 559 g/mol. The van der Waals surface area contributed by atoms with Crippen LogP contribution in [0.1, 0.15) is 11.1 Å². The first-order valence-electron chi connectivity index (χ1n) is 10.3. The number of nitrogens with one attached hydrogen (secondary N) is 1. The first-order valence-corrected chi connectivity index (χ1v) is 12.3. The minimum Gasteiger partial charge on any atom is -0.488 e. The summed E-state index contributed by atoms with van der Waals surface area (Å²) in [5, 5.41) is 2.47. The van der Waals surface area contributed by atoms with Gasteiger partial charge in [-0.1, -0.05) is 51.8 Å². The number of hydrogen-bond donors (Lipinski definition) is 1. The van der Waals surface area contributed by atoms with Crippen molar-refractivity contribution in [3.63, 3.8) is 0 Å². The fraction of sp³-hybridized carbons (Fsp3) is 0.0800. The van der Waals surface area contributed by atoms with Crippen molar-refractivity contribution in [1.82, 2.24) is 4.90 Å². The lowest BCUT2D eigenvalue weighted by atomic mass is 10.1. The third-order valence-electron chi connectivity index (χ3n) is 4.88. The molecule has 1 aliphatic heterocycles. The van der Waals surface area contributed by atoms with Gasteiger partial charge in [-0.25, -0.2) is 4.39 Å². The van der Waals surface area contributed by atoms with Gasteiger partial charge in [0.2, 0.25) is 5.91 Å². The summed E-state index contributed by atoms with van der Waals surface area (Å²) in [5.41, 5.74) is 1.60. The maximum atomic E-state index is 13.3. The van der Waals surface area contributed by atoms with Crippen LogP contribution in [0.3, 0.4) is 0 Å². The van der Waals surface area contributed by atoms with Crippen molar-refractivity contribution in [2.75, 3.05) is 11.9 Å². The van der Waals surface area contributed by atoms with Crippen LogP contribution in [-0.4, -0.2) is 28.5 Å². The molecular formula is C25H17BrClFN2O4S. The van der Waals surface area contributed by atoms with Crippen LogP contribution < -0.4 is 10.1 Å². The molecule has 0 bridgehead atoms. The Kier molecular flexibility index (Phi) is 7.90. The smallest absolute Gasteiger partial charge is 0.294 e. The van der Waals surface area contributed by atoms with E-state index in [0.717, 1.165) is 32.8 Å². The Hall–Kier alpha value is -3.14. The number of anilines is 1. The zero-order valence-corrected chi connectivity index (χ0v) is 21.1. The molecule has 0 aliphatic carbocycles. The second-order valence-electron chi connectivity index (χ2n) is 7.39. The largest absolute Gasteiger partial charge is 0.488 e. The number of amides is 3. The quantitative estimate of drug-likeness (QED) is 0.326. The first kappa shape index (κ1) is 25.0. The van der Waals surface area contributed by atoms with Gasteiger partial charge in [0, 0.05) is 26.3 Å². The van der Waals surface area contributed by atoms with Crippen LogP contribution in [0, 0.1) is 5.82 Å². The summed E-state index contributed by atoms with van der Waals surface area (Å²) in [6.45, 7) is -0.281. The van der Waals surface area contributed by atoms with E-state index < -0.39 is 29.4 Å². The molecule has 10 heteroatoms. The summed E-state index contributed by atoms with van der Waals surface area (Å²) >= 11 is 10.3. The third kappa shape index (κ3) is 6.30. The van der Waals surface area contributed by atoms with Crippen molar-refractivity contribution in [1.29, 1.82) is 0 Å². The van der Waals surface area contributed by atoms with E-state index in [4.69, 9.17) is 16.3 Å². The molecule has 35 heavy (non-hydrogen) atoms. The highest BCUT2D eigenvalue weighted by atomic mass is 79.9. The van der Waals surface area contributed by atoms with Gasteiger partial charge in [0.05, 0.1) is 4.91 Å². The molecule has 4 rings (SSSR count). The van der Waals surface area contributed by atoms with Crippen molar-refractivity contribution in [2.45, 2.75) is 6.61 Å². The van der Waals surface area contributed by atoms with Crippen LogP contribution in [-0.2, 0) is 16.2 Å². The van der Waals surface area contributed by atoms with E-state index in [9.17, 15) is 18.8 Å². The number of carbonyl (C=O) groups is 3. The number of rotatable bonds is 7. The number of carbonyl (C=O) groups excluding carboxylic acids is 3. The minimum atomic E-state index is -0.620. The number of halogens is 3. The molecule has 3 aromatic carbocycles. The van der Waals surface area contributed by atoms with E-state index in [0.29, 0.717) is 16.3 Å². The Labute approximate surface area is 218 Å². The Morgan fingerprint density at radius 1 is 1.11 bits per heavy atom. The molecule has 0 atom stereocenters. The molecule has 0 aromatic heterocycles. The van der Waals surface area contributed by atoms with Crippen LogP contribution in [0.4, 0.5) is 14.9 Å². The summed E-state index contributed by atoms with van der Waals surface area (Å²) in [7, 11) is 0. The fourth-order valence-electron chi connectivity index (χ4n) is 3.22. The number of nitrogens with zero attached hydrogens (tertiary/aromatic N) is 1. The van der Waals surface area contributed by atoms with Crippen molar-refractivity contribution in [3.05, 3.63) is 98.1 Å². The van der Waals surface area contributed by atoms with Crippen LogP contribution in [0.15, 0.2) is 76.1 Å².